The van der Waals surface area contributed by atoms with Gasteiger partial charge in [-0.3, -0.25) is 4.79 Å². The number of carbonyl (C=O) groups excluding carboxylic acids is 1. The smallest absolute Gasteiger partial charge is 0.220 e. The number of carbonyl (C=O) groups is 1. The summed E-state index contributed by atoms with van der Waals surface area (Å²) in [6, 6.07) is 6.45. The van der Waals surface area contributed by atoms with Crippen LogP contribution in [0.2, 0.25) is 0 Å². The SMILES string of the molecule is CC(C)CCn1nnnc1[C@H](c1ccc(F)cc1)[NH+]1CCC(C(N)=O)CC1. The Labute approximate surface area is 158 Å². The first kappa shape index (κ1) is 19.4. The van der Waals surface area contributed by atoms with Crippen LogP contribution in [-0.2, 0) is 11.3 Å². The first-order valence-corrected chi connectivity index (χ1v) is 9.61. The highest BCUT2D eigenvalue weighted by Gasteiger charge is 2.35. The molecule has 0 unspecified atom stereocenters. The zero-order valence-corrected chi connectivity index (χ0v) is 15.9. The Morgan fingerprint density at radius 3 is 2.56 bits per heavy atom. The van der Waals surface area contributed by atoms with Crippen LogP contribution in [0.5, 0.6) is 0 Å². The normalized spacial score (nSPS) is 21.3. The van der Waals surface area contributed by atoms with Crippen LogP contribution >= 0.6 is 0 Å². The minimum absolute atomic E-state index is 0.0699. The van der Waals surface area contributed by atoms with Crippen molar-refractivity contribution in [3.8, 4) is 0 Å². The Balaban J connectivity index is 1.89. The minimum Gasteiger partial charge on any atom is -0.369 e. The Hall–Kier alpha value is -2.35. The molecule has 1 atom stereocenters. The second kappa shape index (κ2) is 8.56. The molecule has 8 heteroatoms. The number of hydrogen-bond acceptors (Lipinski definition) is 4. The summed E-state index contributed by atoms with van der Waals surface area (Å²) in [6.07, 6.45) is 2.47. The van der Waals surface area contributed by atoms with Gasteiger partial charge < -0.3 is 10.6 Å². The summed E-state index contributed by atoms with van der Waals surface area (Å²) in [6.45, 7) is 6.68. The average Bonchev–Trinajstić information content (AvgIpc) is 3.10. The first-order chi connectivity index (χ1) is 13.0. The molecule has 0 bridgehead atoms. The summed E-state index contributed by atoms with van der Waals surface area (Å²) in [4.78, 5) is 12.8. The standard InChI is InChI=1S/C19H27FN6O/c1-13(2)7-12-26-19(22-23-24-26)17(14-3-5-16(20)6-4-14)25-10-8-15(9-11-25)18(21)27/h3-6,13,15,17H,7-12H2,1-2H3,(H2,21,27)/p+1/t17-/m0/s1. The van der Waals surface area contributed by atoms with Crippen molar-refractivity contribution in [1.29, 1.82) is 0 Å². The van der Waals surface area contributed by atoms with Gasteiger partial charge in [-0.25, -0.2) is 9.07 Å². The van der Waals surface area contributed by atoms with E-state index >= 15 is 0 Å². The molecular weight excluding hydrogens is 347 g/mol. The lowest BCUT2D eigenvalue weighted by Crippen LogP contribution is -3.13. The van der Waals surface area contributed by atoms with Crippen molar-refractivity contribution in [3.05, 3.63) is 41.5 Å². The van der Waals surface area contributed by atoms with Gasteiger partial charge in [0, 0.05) is 30.9 Å². The van der Waals surface area contributed by atoms with Crippen molar-refractivity contribution in [2.45, 2.75) is 45.7 Å². The van der Waals surface area contributed by atoms with Crippen LogP contribution in [0.4, 0.5) is 4.39 Å². The molecule has 2 aromatic rings. The third kappa shape index (κ3) is 4.68. The van der Waals surface area contributed by atoms with Gasteiger partial charge in [0.1, 0.15) is 5.82 Å². The molecule has 1 amide bonds. The summed E-state index contributed by atoms with van der Waals surface area (Å²) < 4.78 is 15.3. The average molecular weight is 375 g/mol. The Bertz CT molecular complexity index is 752. The lowest BCUT2D eigenvalue weighted by Gasteiger charge is -2.33. The van der Waals surface area contributed by atoms with E-state index in [4.69, 9.17) is 5.73 Å². The van der Waals surface area contributed by atoms with Crippen molar-refractivity contribution in [2.75, 3.05) is 13.1 Å². The van der Waals surface area contributed by atoms with Crippen LogP contribution in [0.1, 0.15) is 50.5 Å². The van der Waals surface area contributed by atoms with E-state index in [1.807, 2.05) is 4.68 Å². The van der Waals surface area contributed by atoms with Crippen LogP contribution < -0.4 is 10.6 Å². The number of tetrazole rings is 1. The number of piperidine rings is 1. The number of amides is 1. The molecule has 1 saturated heterocycles. The molecule has 0 spiro atoms. The van der Waals surface area contributed by atoms with Crippen molar-refractivity contribution in [2.24, 2.45) is 17.6 Å². The zero-order valence-electron chi connectivity index (χ0n) is 15.9. The maximum absolute atomic E-state index is 13.5. The third-order valence-corrected chi connectivity index (χ3v) is 5.38. The number of primary amides is 1. The van der Waals surface area contributed by atoms with Crippen molar-refractivity contribution in [1.82, 2.24) is 20.2 Å². The quantitative estimate of drug-likeness (QED) is 0.746. The molecule has 0 aliphatic carbocycles. The molecule has 2 heterocycles. The molecule has 1 fully saturated rings. The fourth-order valence-corrected chi connectivity index (χ4v) is 3.74. The van der Waals surface area contributed by atoms with E-state index in [2.05, 4.69) is 29.4 Å². The highest BCUT2D eigenvalue weighted by Crippen LogP contribution is 2.20. The number of aryl methyl sites for hydroxylation is 1. The Kier molecular flexibility index (Phi) is 6.15. The maximum atomic E-state index is 13.5. The maximum Gasteiger partial charge on any atom is 0.220 e. The van der Waals surface area contributed by atoms with Gasteiger partial charge in [0.15, 0.2) is 6.04 Å². The summed E-state index contributed by atoms with van der Waals surface area (Å²) in [5, 5.41) is 12.4. The van der Waals surface area contributed by atoms with Gasteiger partial charge in [0.2, 0.25) is 11.7 Å². The number of quaternary nitrogens is 1. The molecule has 146 valence electrons. The molecular formula is C19H28FN6O+. The van der Waals surface area contributed by atoms with Crippen LogP contribution in [0.3, 0.4) is 0 Å². The molecule has 1 aliphatic rings. The van der Waals surface area contributed by atoms with Gasteiger partial charge in [-0.1, -0.05) is 13.8 Å². The summed E-state index contributed by atoms with van der Waals surface area (Å²) in [5.74, 6) is 0.771. The zero-order chi connectivity index (χ0) is 19.4. The Morgan fingerprint density at radius 2 is 1.96 bits per heavy atom. The predicted octanol–water partition coefficient (Wildman–Crippen LogP) is 0.728. The molecule has 1 aromatic carbocycles. The molecule has 27 heavy (non-hydrogen) atoms. The topological polar surface area (TPSA) is 91.1 Å². The highest BCUT2D eigenvalue weighted by molar-refractivity contribution is 5.76. The molecule has 3 rings (SSSR count). The number of aromatic nitrogens is 4. The largest absolute Gasteiger partial charge is 0.369 e. The van der Waals surface area contributed by atoms with Gasteiger partial charge in [0.05, 0.1) is 13.1 Å². The molecule has 7 nitrogen and oxygen atoms in total. The second-order valence-electron chi connectivity index (χ2n) is 7.76. The number of rotatable bonds is 7. The monoisotopic (exact) mass is 375 g/mol. The summed E-state index contributed by atoms with van der Waals surface area (Å²) in [7, 11) is 0. The first-order valence-electron chi connectivity index (χ1n) is 9.61. The molecule has 3 N–H and O–H groups in total. The predicted molar refractivity (Wildman–Crippen MR) is 98.1 cm³/mol. The van der Waals surface area contributed by atoms with Crippen molar-refractivity contribution in [3.63, 3.8) is 0 Å². The fraction of sp³-hybridized carbons (Fsp3) is 0.579. The number of nitrogens with zero attached hydrogens (tertiary/aromatic N) is 4. The number of nitrogens with one attached hydrogen (secondary N) is 1. The van der Waals surface area contributed by atoms with E-state index in [9.17, 15) is 9.18 Å². The Morgan fingerprint density at radius 1 is 1.30 bits per heavy atom. The fourth-order valence-electron chi connectivity index (χ4n) is 3.74. The molecule has 1 aromatic heterocycles. The van der Waals surface area contributed by atoms with Crippen molar-refractivity contribution < 1.29 is 14.1 Å². The molecule has 0 radical (unpaired) electrons. The number of hydrogen-bond donors (Lipinski definition) is 2. The van der Waals surface area contributed by atoms with E-state index in [1.54, 1.807) is 12.1 Å². The van der Waals surface area contributed by atoms with E-state index in [0.717, 1.165) is 50.3 Å². The summed E-state index contributed by atoms with van der Waals surface area (Å²) in [5.41, 5.74) is 6.45. The molecule has 0 saturated carbocycles. The van der Waals surface area contributed by atoms with E-state index in [0.29, 0.717) is 5.92 Å². The minimum atomic E-state index is -0.265. The number of halogens is 1. The van der Waals surface area contributed by atoms with Crippen LogP contribution in [0.15, 0.2) is 24.3 Å². The third-order valence-electron chi connectivity index (χ3n) is 5.38. The van der Waals surface area contributed by atoms with Gasteiger partial charge in [0.25, 0.3) is 0 Å². The lowest BCUT2D eigenvalue weighted by atomic mass is 9.93. The van der Waals surface area contributed by atoms with Gasteiger partial charge in [-0.15, -0.1) is 5.10 Å². The van der Waals surface area contributed by atoms with E-state index in [-0.39, 0.29) is 23.7 Å². The van der Waals surface area contributed by atoms with E-state index in [1.165, 1.54) is 17.0 Å². The van der Waals surface area contributed by atoms with Crippen LogP contribution in [0, 0.1) is 17.7 Å². The lowest BCUT2D eigenvalue weighted by molar-refractivity contribution is -0.931. The van der Waals surface area contributed by atoms with Crippen LogP contribution in [-0.4, -0.2) is 39.2 Å². The van der Waals surface area contributed by atoms with Crippen molar-refractivity contribution >= 4 is 5.91 Å². The van der Waals surface area contributed by atoms with Crippen LogP contribution in [0.25, 0.3) is 0 Å². The van der Waals surface area contributed by atoms with Gasteiger partial charge in [-0.05, 0) is 47.0 Å². The summed E-state index contributed by atoms with van der Waals surface area (Å²) >= 11 is 0. The number of likely N-dealkylation sites (tertiary alicyclic amines) is 1. The van der Waals surface area contributed by atoms with Gasteiger partial charge >= 0.3 is 0 Å². The highest BCUT2D eigenvalue weighted by atomic mass is 19.1. The molecule has 1 aliphatic heterocycles. The second-order valence-corrected chi connectivity index (χ2v) is 7.76. The number of nitrogens with two attached hydrogens (primary N) is 1. The van der Waals surface area contributed by atoms with E-state index < -0.39 is 0 Å². The number of benzene rings is 1. The van der Waals surface area contributed by atoms with Gasteiger partial charge in [-0.2, -0.15) is 0 Å².